The van der Waals surface area contributed by atoms with Crippen LogP contribution in [0, 0.1) is 0 Å². The summed E-state index contributed by atoms with van der Waals surface area (Å²) in [6.45, 7) is 0. The zero-order chi connectivity index (χ0) is 19.4. The van der Waals surface area contributed by atoms with E-state index in [0.29, 0.717) is 11.5 Å². The number of ether oxygens (including phenoxy) is 1. The molecule has 0 radical (unpaired) electrons. The number of nitrogens with one attached hydrogen (secondary N) is 1. The molecule has 6 rings (SSSR count). The van der Waals surface area contributed by atoms with Gasteiger partial charge in [0.2, 0.25) is 0 Å². The standard InChI is InChI=1S/C22H19N5O2/c28-21-16-8-11-23-13-17(16)22(29-21)9-6-15(7-10-22)20-24-19-12-18(25-27(19)26-20)14-4-2-1-3-5-14/h1-5,8,11-13,15H,6-7,9-10H2,(H,24,26)/t15-,22+. The Kier molecular flexibility index (Phi) is 3.41. The van der Waals surface area contributed by atoms with Crippen LogP contribution in [0.3, 0.4) is 0 Å². The second kappa shape index (κ2) is 6.01. The monoisotopic (exact) mass is 385 g/mol. The minimum absolute atomic E-state index is 0.231. The van der Waals surface area contributed by atoms with Gasteiger partial charge in [-0.15, -0.1) is 14.8 Å². The molecule has 3 aromatic heterocycles. The van der Waals surface area contributed by atoms with Gasteiger partial charge in [0.1, 0.15) is 11.4 Å². The van der Waals surface area contributed by atoms with E-state index in [1.165, 1.54) is 0 Å². The Hall–Kier alpha value is -3.48. The summed E-state index contributed by atoms with van der Waals surface area (Å²) in [6, 6.07) is 13.9. The molecule has 1 fully saturated rings. The van der Waals surface area contributed by atoms with E-state index in [2.05, 4.69) is 20.2 Å². The van der Waals surface area contributed by atoms with Gasteiger partial charge in [0.25, 0.3) is 0 Å². The first-order valence-electron chi connectivity index (χ1n) is 9.91. The maximum atomic E-state index is 12.2. The molecular formula is C22H19N5O2. The molecular weight excluding hydrogens is 366 g/mol. The Bertz CT molecular complexity index is 1190. The van der Waals surface area contributed by atoms with E-state index in [9.17, 15) is 4.79 Å². The molecule has 7 heteroatoms. The highest BCUT2D eigenvalue weighted by Crippen LogP contribution is 2.49. The second-order valence-corrected chi connectivity index (χ2v) is 7.86. The summed E-state index contributed by atoms with van der Waals surface area (Å²) in [6.07, 6.45) is 6.77. The molecule has 144 valence electrons. The van der Waals surface area contributed by atoms with E-state index >= 15 is 0 Å². The molecule has 1 spiro atoms. The number of aromatic nitrogens is 5. The van der Waals surface area contributed by atoms with Crippen molar-refractivity contribution in [2.24, 2.45) is 0 Å². The number of H-pyrrole nitrogens is 1. The summed E-state index contributed by atoms with van der Waals surface area (Å²) >= 11 is 0. The van der Waals surface area contributed by atoms with E-state index in [4.69, 9.17) is 4.74 Å². The first kappa shape index (κ1) is 16.5. The lowest BCUT2D eigenvalue weighted by atomic mass is 9.75. The molecule has 1 saturated carbocycles. The molecule has 7 nitrogen and oxygen atoms in total. The number of hydrogen-bond acceptors (Lipinski definition) is 5. The number of hydrogen-bond donors (Lipinski definition) is 1. The lowest BCUT2D eigenvalue weighted by Gasteiger charge is -2.35. The first-order chi connectivity index (χ1) is 14.2. The molecule has 1 aromatic carbocycles. The van der Waals surface area contributed by atoms with Crippen LogP contribution in [-0.2, 0) is 10.3 Å². The number of nitrogens with zero attached hydrogens (tertiary/aromatic N) is 4. The zero-order valence-corrected chi connectivity index (χ0v) is 15.7. The predicted octanol–water partition coefficient (Wildman–Crippen LogP) is 3.84. The van der Waals surface area contributed by atoms with Crippen molar-refractivity contribution in [3.63, 3.8) is 0 Å². The fourth-order valence-corrected chi connectivity index (χ4v) is 4.68. The molecule has 2 aliphatic rings. The van der Waals surface area contributed by atoms with E-state index in [-0.39, 0.29) is 5.97 Å². The van der Waals surface area contributed by atoms with Gasteiger partial charge in [-0.05, 0) is 31.7 Å². The molecule has 0 atom stereocenters. The first-order valence-corrected chi connectivity index (χ1v) is 9.91. The summed E-state index contributed by atoms with van der Waals surface area (Å²) in [5, 5.41) is 9.29. The van der Waals surface area contributed by atoms with Gasteiger partial charge in [0.15, 0.2) is 5.65 Å². The summed E-state index contributed by atoms with van der Waals surface area (Å²) < 4.78 is 7.50. The van der Waals surface area contributed by atoms with Gasteiger partial charge in [0.05, 0.1) is 11.3 Å². The van der Waals surface area contributed by atoms with Crippen LogP contribution in [0.5, 0.6) is 0 Å². The summed E-state index contributed by atoms with van der Waals surface area (Å²) in [4.78, 5) is 19.9. The van der Waals surface area contributed by atoms with Crippen LogP contribution >= 0.6 is 0 Å². The van der Waals surface area contributed by atoms with Crippen LogP contribution in [-0.4, -0.2) is 30.8 Å². The maximum Gasteiger partial charge on any atom is 0.339 e. The third kappa shape index (κ3) is 2.50. The summed E-state index contributed by atoms with van der Waals surface area (Å²) in [5.74, 6) is 1.00. The Labute approximate surface area is 166 Å². The van der Waals surface area contributed by atoms with Crippen LogP contribution in [0.25, 0.3) is 16.9 Å². The molecule has 0 saturated heterocycles. The van der Waals surface area contributed by atoms with Crippen molar-refractivity contribution in [3.05, 3.63) is 71.8 Å². The van der Waals surface area contributed by atoms with Gasteiger partial charge in [-0.2, -0.15) is 0 Å². The van der Waals surface area contributed by atoms with Gasteiger partial charge in [0, 0.05) is 35.5 Å². The molecule has 1 aliphatic carbocycles. The minimum atomic E-state index is -0.523. The number of rotatable bonds is 2. The van der Waals surface area contributed by atoms with E-state index in [1.54, 1.807) is 23.1 Å². The fourth-order valence-electron chi connectivity index (χ4n) is 4.68. The third-order valence-corrected chi connectivity index (χ3v) is 6.22. The highest BCUT2D eigenvalue weighted by Gasteiger charge is 2.48. The van der Waals surface area contributed by atoms with Gasteiger partial charge in [-0.3, -0.25) is 4.98 Å². The minimum Gasteiger partial charge on any atom is -0.450 e. The van der Waals surface area contributed by atoms with Gasteiger partial charge in [-0.25, -0.2) is 4.79 Å². The Morgan fingerprint density at radius 3 is 2.72 bits per heavy atom. The average Bonchev–Trinajstić information content (AvgIpc) is 3.41. The highest BCUT2D eigenvalue weighted by molar-refractivity contribution is 5.94. The quantitative estimate of drug-likeness (QED) is 0.530. The lowest BCUT2D eigenvalue weighted by Crippen LogP contribution is -2.31. The van der Waals surface area contributed by atoms with Crippen LogP contribution < -0.4 is 0 Å². The SMILES string of the molecule is O=C1O[C@]2(CC[C@@H](c3nn4nc(-c5ccccc5)cc4[nH]3)CC2)c2cnccc21. The van der Waals surface area contributed by atoms with Crippen molar-refractivity contribution in [3.8, 4) is 11.3 Å². The Morgan fingerprint density at radius 2 is 1.93 bits per heavy atom. The number of fused-ring (bicyclic) bond motifs is 3. The van der Waals surface area contributed by atoms with Crippen LogP contribution in [0.1, 0.15) is 53.3 Å². The van der Waals surface area contributed by atoms with Crippen molar-refractivity contribution in [1.29, 1.82) is 0 Å². The van der Waals surface area contributed by atoms with Crippen molar-refractivity contribution in [1.82, 2.24) is 24.8 Å². The fraction of sp³-hybridized carbons (Fsp3) is 0.273. The highest BCUT2D eigenvalue weighted by atomic mass is 16.6. The summed E-state index contributed by atoms with van der Waals surface area (Å²) in [5.41, 5.74) is 3.93. The molecule has 29 heavy (non-hydrogen) atoms. The third-order valence-electron chi connectivity index (χ3n) is 6.22. The molecule has 0 bridgehead atoms. The van der Waals surface area contributed by atoms with E-state index < -0.39 is 5.60 Å². The topological polar surface area (TPSA) is 85.2 Å². The zero-order valence-electron chi connectivity index (χ0n) is 15.7. The number of esters is 1. The van der Waals surface area contributed by atoms with Crippen LogP contribution in [0.4, 0.5) is 0 Å². The predicted molar refractivity (Wildman–Crippen MR) is 105 cm³/mol. The van der Waals surface area contributed by atoms with Crippen molar-refractivity contribution < 1.29 is 9.53 Å². The number of carbonyl (C=O) groups is 1. The molecule has 0 amide bonds. The molecule has 4 aromatic rings. The van der Waals surface area contributed by atoms with Crippen molar-refractivity contribution >= 4 is 11.6 Å². The van der Waals surface area contributed by atoms with E-state index in [0.717, 1.165) is 54.0 Å². The normalized spacial score (nSPS) is 23.4. The maximum absolute atomic E-state index is 12.2. The Balaban J connectivity index is 1.24. The molecule has 4 heterocycles. The number of aromatic amines is 1. The molecule has 0 unspecified atom stereocenters. The second-order valence-electron chi connectivity index (χ2n) is 7.86. The largest absolute Gasteiger partial charge is 0.450 e. The van der Waals surface area contributed by atoms with Gasteiger partial charge < -0.3 is 9.72 Å². The van der Waals surface area contributed by atoms with Crippen LogP contribution in [0.15, 0.2) is 54.9 Å². The van der Waals surface area contributed by atoms with Gasteiger partial charge >= 0.3 is 5.97 Å². The molecule has 1 aliphatic heterocycles. The van der Waals surface area contributed by atoms with Gasteiger partial charge in [-0.1, -0.05) is 30.3 Å². The van der Waals surface area contributed by atoms with Crippen LogP contribution in [0.2, 0.25) is 0 Å². The number of pyridine rings is 1. The van der Waals surface area contributed by atoms with E-state index in [1.807, 2.05) is 36.4 Å². The Morgan fingerprint density at radius 1 is 1.10 bits per heavy atom. The smallest absolute Gasteiger partial charge is 0.339 e. The number of benzene rings is 1. The number of carbonyl (C=O) groups excluding carboxylic acids is 1. The van der Waals surface area contributed by atoms with Crippen molar-refractivity contribution in [2.45, 2.75) is 37.2 Å². The summed E-state index contributed by atoms with van der Waals surface area (Å²) in [7, 11) is 0. The molecule has 1 N–H and O–H groups in total. The lowest BCUT2D eigenvalue weighted by molar-refractivity contribution is -0.0313. The van der Waals surface area contributed by atoms with Crippen molar-refractivity contribution in [2.75, 3.05) is 0 Å². The average molecular weight is 385 g/mol.